The fourth-order valence-corrected chi connectivity index (χ4v) is 6.72. The second-order valence-electron chi connectivity index (χ2n) is 15.6. The molecule has 13 heteroatoms. The zero-order valence-electron chi connectivity index (χ0n) is 32.9. The number of carboxylic acid groups (broad SMARTS) is 1. The molecule has 12 nitrogen and oxygen atoms in total. The van der Waals surface area contributed by atoms with Crippen LogP contribution in [0.1, 0.15) is 59.1 Å². The Labute approximate surface area is 324 Å². The molecule has 4 N–H and O–H groups in total. The molecule has 0 aliphatic rings. The van der Waals surface area contributed by atoms with Crippen LogP contribution in [0.2, 0.25) is 0 Å². The Hall–Kier alpha value is -4.62. The fraction of sp³-hybridized carbons (Fsp3) is 0.488. The van der Waals surface area contributed by atoms with Crippen molar-refractivity contribution in [3.8, 4) is 11.3 Å². The zero-order chi connectivity index (χ0) is 40.1. The summed E-state index contributed by atoms with van der Waals surface area (Å²) in [5.74, 6) is -0.546. The van der Waals surface area contributed by atoms with Gasteiger partial charge in [-0.2, -0.15) is 0 Å². The van der Waals surface area contributed by atoms with Crippen molar-refractivity contribution in [2.24, 2.45) is 10.8 Å². The minimum Gasteiger partial charge on any atom is -0.465 e. The summed E-state index contributed by atoms with van der Waals surface area (Å²) in [5, 5.41) is 19.0. The van der Waals surface area contributed by atoms with Crippen molar-refractivity contribution in [1.82, 2.24) is 25.8 Å². The van der Waals surface area contributed by atoms with E-state index < -0.39 is 65.1 Å². The lowest BCUT2D eigenvalue weighted by atomic mass is 9.84. The van der Waals surface area contributed by atoms with Gasteiger partial charge in [-0.25, -0.2) is 9.59 Å². The van der Waals surface area contributed by atoms with Gasteiger partial charge in [0.2, 0.25) is 11.8 Å². The van der Waals surface area contributed by atoms with E-state index in [9.17, 15) is 24.3 Å². The van der Waals surface area contributed by atoms with Gasteiger partial charge in [-0.05, 0) is 59.6 Å². The molecule has 0 aliphatic heterocycles. The summed E-state index contributed by atoms with van der Waals surface area (Å²) in [6, 6.07) is 20.3. The van der Waals surface area contributed by atoms with Crippen molar-refractivity contribution < 1.29 is 33.8 Å². The maximum atomic E-state index is 14.1. The molecule has 0 aliphatic carbocycles. The van der Waals surface area contributed by atoms with Crippen LogP contribution in [0.5, 0.6) is 0 Å². The molecule has 0 saturated heterocycles. The lowest BCUT2D eigenvalue weighted by molar-refractivity contribution is -0.131. The number of nitrogens with one attached hydrogen (secondary N) is 3. The SMILES string of the molecule is COC(=O)N[C@H](C(=O)N[C@@H](Cc1ccc(-c2ccccn2)cc1)C[C@H](OCSC)[C@H](Cc1ccccc1)NC(=O)[C@@H](N(C)C(=O)O)C(C)(C)C)C(C)(C)C. The monoisotopic (exact) mass is 763 g/mol. The molecule has 0 saturated carbocycles. The molecule has 0 unspecified atom stereocenters. The number of hydrogen-bond acceptors (Lipinski definition) is 8. The predicted molar refractivity (Wildman–Crippen MR) is 213 cm³/mol. The summed E-state index contributed by atoms with van der Waals surface area (Å²) in [7, 11) is 2.64. The first kappa shape index (κ1) is 43.8. The highest BCUT2D eigenvalue weighted by Gasteiger charge is 2.40. The standard InChI is InChI=1S/C41H57N5O7S/c1-40(2,3)34(45-38(49)52-8)36(47)43-30(23-28-18-20-29(21-19-28)31-17-13-14-22-42-31)25-33(53-26-54-9)32(24-27-15-11-10-12-16-27)44-37(48)35(41(4,5)6)46(7)39(50)51/h10-22,30,32-35H,23-26H2,1-9H3,(H,43,47)(H,44,48)(H,45,49)(H,50,51)/t30-,32-,33-,34+,35+/m0/s1. The minimum atomic E-state index is -1.22. The Morgan fingerprint density at radius 3 is 1.98 bits per heavy atom. The molecule has 3 aromatic rings. The van der Waals surface area contributed by atoms with E-state index in [1.165, 1.54) is 25.9 Å². The van der Waals surface area contributed by atoms with E-state index >= 15 is 0 Å². The average molecular weight is 764 g/mol. The smallest absolute Gasteiger partial charge is 0.407 e. The lowest BCUT2D eigenvalue weighted by Crippen LogP contribution is -2.59. The molecule has 4 amide bonds. The van der Waals surface area contributed by atoms with Crippen LogP contribution in [-0.4, -0.2) is 95.6 Å². The van der Waals surface area contributed by atoms with Gasteiger partial charge in [0.25, 0.3) is 0 Å². The number of carbonyl (C=O) groups excluding carboxylic acids is 3. The molecular formula is C41H57N5O7S. The number of methoxy groups -OCH3 is 1. The van der Waals surface area contributed by atoms with Crippen LogP contribution < -0.4 is 16.0 Å². The van der Waals surface area contributed by atoms with E-state index in [0.717, 1.165) is 27.3 Å². The van der Waals surface area contributed by atoms with E-state index in [-0.39, 0.29) is 6.42 Å². The van der Waals surface area contributed by atoms with Gasteiger partial charge in [0, 0.05) is 24.8 Å². The number of benzene rings is 2. The number of nitrogens with zero attached hydrogens (tertiary/aromatic N) is 2. The Balaban J connectivity index is 2.07. The molecule has 0 bridgehead atoms. The first-order chi connectivity index (χ1) is 25.4. The van der Waals surface area contributed by atoms with Crippen molar-refractivity contribution >= 4 is 35.8 Å². The van der Waals surface area contributed by atoms with Crippen LogP contribution in [0.3, 0.4) is 0 Å². The summed E-state index contributed by atoms with van der Waals surface area (Å²) in [5.41, 5.74) is 2.28. The largest absolute Gasteiger partial charge is 0.465 e. The van der Waals surface area contributed by atoms with Crippen molar-refractivity contribution in [2.75, 3.05) is 26.4 Å². The van der Waals surface area contributed by atoms with Gasteiger partial charge in [0.05, 0.1) is 30.9 Å². The molecule has 54 heavy (non-hydrogen) atoms. The van der Waals surface area contributed by atoms with Gasteiger partial charge in [-0.3, -0.25) is 19.5 Å². The third kappa shape index (κ3) is 13.3. The first-order valence-corrected chi connectivity index (χ1v) is 19.4. The summed E-state index contributed by atoms with van der Waals surface area (Å²) in [6.07, 6.45) is 2.14. The maximum absolute atomic E-state index is 14.1. The fourth-order valence-electron chi connectivity index (χ4n) is 6.41. The third-order valence-electron chi connectivity index (χ3n) is 9.07. The minimum absolute atomic E-state index is 0.274. The van der Waals surface area contributed by atoms with E-state index in [0.29, 0.717) is 18.8 Å². The first-order valence-electron chi connectivity index (χ1n) is 18.0. The van der Waals surface area contributed by atoms with Crippen LogP contribution in [0, 0.1) is 10.8 Å². The number of pyridine rings is 1. The number of ether oxygens (including phenoxy) is 2. The number of amides is 4. The number of alkyl carbamates (subject to hydrolysis) is 1. The van der Waals surface area contributed by atoms with Gasteiger partial charge in [0.1, 0.15) is 12.1 Å². The Bertz CT molecular complexity index is 1650. The summed E-state index contributed by atoms with van der Waals surface area (Å²) < 4.78 is 11.4. The Kier molecular flexibility index (Phi) is 16.4. The number of aromatic nitrogens is 1. The topological polar surface area (TPSA) is 159 Å². The molecular weight excluding hydrogens is 707 g/mol. The van der Waals surface area contributed by atoms with Gasteiger partial charge in [-0.1, -0.05) is 102 Å². The van der Waals surface area contributed by atoms with Crippen molar-refractivity contribution in [2.45, 2.75) is 91.1 Å². The molecule has 0 fully saturated rings. The normalized spacial score (nSPS) is 14.5. The van der Waals surface area contributed by atoms with Gasteiger partial charge >= 0.3 is 12.2 Å². The van der Waals surface area contributed by atoms with Crippen LogP contribution >= 0.6 is 11.8 Å². The molecule has 0 radical (unpaired) electrons. The highest BCUT2D eigenvalue weighted by atomic mass is 32.2. The number of rotatable bonds is 17. The summed E-state index contributed by atoms with van der Waals surface area (Å²) in [6.45, 7) is 11.0. The van der Waals surface area contributed by atoms with Crippen LogP contribution in [-0.2, 0) is 31.9 Å². The zero-order valence-corrected chi connectivity index (χ0v) is 33.7. The Morgan fingerprint density at radius 1 is 0.815 bits per heavy atom. The molecule has 3 rings (SSSR count). The van der Waals surface area contributed by atoms with Gasteiger partial charge < -0.3 is 30.5 Å². The van der Waals surface area contributed by atoms with E-state index in [1.54, 1.807) is 6.20 Å². The summed E-state index contributed by atoms with van der Waals surface area (Å²) in [4.78, 5) is 58.2. The number of likely N-dealkylation sites (N-methyl/N-ethyl adjacent to an activating group) is 1. The second kappa shape index (κ2) is 20.2. The quantitative estimate of drug-likeness (QED) is 0.114. The number of thioether (sulfide) groups is 1. The van der Waals surface area contributed by atoms with Crippen LogP contribution in [0.25, 0.3) is 11.3 Å². The van der Waals surface area contributed by atoms with Crippen molar-refractivity contribution in [3.63, 3.8) is 0 Å². The van der Waals surface area contributed by atoms with Crippen molar-refractivity contribution in [3.05, 3.63) is 90.1 Å². The number of carbonyl (C=O) groups is 4. The van der Waals surface area contributed by atoms with Gasteiger partial charge in [-0.15, -0.1) is 11.8 Å². The number of hydrogen-bond donors (Lipinski definition) is 4. The van der Waals surface area contributed by atoms with Crippen LogP contribution in [0.4, 0.5) is 9.59 Å². The summed E-state index contributed by atoms with van der Waals surface area (Å²) >= 11 is 1.48. The molecule has 1 aromatic heterocycles. The molecule has 294 valence electrons. The molecule has 0 spiro atoms. The van der Waals surface area contributed by atoms with E-state index in [1.807, 2.05) is 121 Å². The molecule has 1 heterocycles. The van der Waals surface area contributed by atoms with Gasteiger partial charge in [0.15, 0.2) is 0 Å². The van der Waals surface area contributed by atoms with E-state index in [4.69, 9.17) is 9.47 Å². The lowest BCUT2D eigenvalue weighted by Gasteiger charge is -2.38. The molecule has 2 aromatic carbocycles. The van der Waals surface area contributed by atoms with E-state index in [2.05, 4.69) is 20.9 Å². The average Bonchev–Trinajstić information content (AvgIpc) is 3.11. The molecule has 5 atom stereocenters. The highest BCUT2D eigenvalue weighted by Crippen LogP contribution is 2.26. The maximum Gasteiger partial charge on any atom is 0.407 e. The third-order valence-corrected chi connectivity index (χ3v) is 9.44. The van der Waals surface area contributed by atoms with Crippen molar-refractivity contribution in [1.29, 1.82) is 0 Å². The second-order valence-corrected chi connectivity index (χ2v) is 16.4. The Morgan fingerprint density at radius 2 is 1.44 bits per heavy atom. The predicted octanol–water partition coefficient (Wildman–Crippen LogP) is 6.39. The highest BCUT2D eigenvalue weighted by molar-refractivity contribution is 7.98. The van der Waals surface area contributed by atoms with Crippen LogP contribution in [0.15, 0.2) is 79.0 Å².